The van der Waals surface area contributed by atoms with E-state index in [4.69, 9.17) is 33.6 Å². The average Bonchev–Trinajstić information content (AvgIpc) is 3.15. The summed E-state index contributed by atoms with van der Waals surface area (Å²) >= 11 is 13.5. The van der Waals surface area contributed by atoms with Crippen molar-refractivity contribution in [1.82, 2.24) is 9.97 Å². The molecule has 0 atom stereocenters. The zero-order valence-corrected chi connectivity index (χ0v) is 28.3. The summed E-state index contributed by atoms with van der Waals surface area (Å²) in [6, 6.07) is 54.0. The maximum atomic E-state index is 6.75. The van der Waals surface area contributed by atoms with E-state index < -0.39 is 12.1 Å². The Bertz CT molecular complexity index is 1970. The van der Waals surface area contributed by atoms with E-state index in [0.717, 1.165) is 54.3 Å². The second-order valence-electron chi connectivity index (χ2n) is 10.9. The average molecular weight is 665 g/mol. The van der Waals surface area contributed by atoms with Gasteiger partial charge in [0.05, 0.1) is 23.8 Å². The monoisotopic (exact) mass is 664 g/mol. The Balaban J connectivity index is 1.42. The Hall–Kier alpha value is -4.30. The van der Waals surface area contributed by atoms with Crippen molar-refractivity contribution in [2.45, 2.75) is 0 Å². The van der Waals surface area contributed by atoms with Gasteiger partial charge in [0.15, 0.2) is 0 Å². The molecule has 0 spiro atoms. The van der Waals surface area contributed by atoms with Gasteiger partial charge >= 0.3 is 0 Å². The van der Waals surface area contributed by atoms with Crippen LogP contribution in [0.1, 0.15) is 0 Å². The van der Waals surface area contributed by atoms with E-state index in [-0.39, 0.29) is 0 Å². The first-order valence-electron chi connectivity index (χ1n) is 15.0. The molecular formula is C40H30N2P2S2. The van der Waals surface area contributed by atoms with Crippen molar-refractivity contribution in [3.05, 3.63) is 182 Å². The molecule has 1 aromatic heterocycles. The number of hydrogen-bond donors (Lipinski definition) is 0. The molecule has 0 radical (unpaired) electrons. The van der Waals surface area contributed by atoms with Gasteiger partial charge in [-0.25, -0.2) is 4.98 Å². The molecule has 2 nitrogen and oxygen atoms in total. The number of benzene rings is 6. The van der Waals surface area contributed by atoms with Crippen molar-refractivity contribution in [2.24, 2.45) is 0 Å². The van der Waals surface area contributed by atoms with E-state index in [1.807, 2.05) is 36.7 Å². The predicted molar refractivity (Wildman–Crippen MR) is 205 cm³/mol. The lowest BCUT2D eigenvalue weighted by Gasteiger charge is -2.27. The molecule has 1 heterocycles. The van der Waals surface area contributed by atoms with Crippen LogP contribution in [0.4, 0.5) is 0 Å². The van der Waals surface area contributed by atoms with Crippen LogP contribution in [0.25, 0.3) is 22.5 Å². The highest BCUT2D eigenvalue weighted by atomic mass is 32.4. The minimum absolute atomic E-state index is 0.789. The van der Waals surface area contributed by atoms with Crippen LogP contribution < -0.4 is 31.8 Å². The van der Waals surface area contributed by atoms with Crippen LogP contribution in [0.5, 0.6) is 0 Å². The maximum absolute atomic E-state index is 6.75. The van der Waals surface area contributed by atoms with Crippen molar-refractivity contribution in [3.63, 3.8) is 0 Å². The first kappa shape index (κ1) is 30.4. The van der Waals surface area contributed by atoms with Crippen LogP contribution in [0.2, 0.25) is 0 Å². The first-order valence-corrected chi connectivity index (χ1v) is 20.6. The van der Waals surface area contributed by atoms with Crippen LogP contribution in [0, 0.1) is 0 Å². The second kappa shape index (κ2) is 13.2. The van der Waals surface area contributed by atoms with Crippen LogP contribution in [-0.2, 0) is 23.6 Å². The fourth-order valence-corrected chi connectivity index (χ4v) is 14.1. The first-order chi connectivity index (χ1) is 22.6. The number of aromatic nitrogens is 2. The summed E-state index contributed by atoms with van der Waals surface area (Å²) in [6.45, 7) is 0. The van der Waals surface area contributed by atoms with Gasteiger partial charge < -0.3 is 0 Å². The van der Waals surface area contributed by atoms with Gasteiger partial charge in [-0.2, -0.15) is 0 Å². The number of hydrogen-bond acceptors (Lipinski definition) is 4. The highest BCUT2D eigenvalue weighted by molar-refractivity contribution is 8.26. The Morgan fingerprint density at radius 3 is 0.957 bits per heavy atom. The fourth-order valence-electron chi connectivity index (χ4n) is 5.96. The van der Waals surface area contributed by atoms with Gasteiger partial charge in [0, 0.05) is 33.8 Å². The normalized spacial score (nSPS) is 11.7. The molecule has 0 amide bonds. The third-order valence-electron chi connectivity index (χ3n) is 8.15. The lowest BCUT2D eigenvalue weighted by atomic mass is 10.1. The molecule has 0 unspecified atom stereocenters. The summed E-state index contributed by atoms with van der Waals surface area (Å²) in [4.78, 5) is 10.1. The third kappa shape index (κ3) is 5.53. The predicted octanol–water partition coefficient (Wildman–Crippen LogP) is 7.32. The summed E-state index contributed by atoms with van der Waals surface area (Å²) in [5.41, 5.74) is 3.57. The molecule has 7 aromatic rings. The molecule has 0 bridgehead atoms. The summed E-state index contributed by atoms with van der Waals surface area (Å²) in [5.74, 6) is 0. The van der Waals surface area contributed by atoms with E-state index in [1.54, 1.807) is 0 Å². The summed E-state index contributed by atoms with van der Waals surface area (Å²) in [5, 5.41) is 6.77. The minimum atomic E-state index is -2.43. The minimum Gasteiger partial charge on any atom is -0.260 e. The van der Waals surface area contributed by atoms with Gasteiger partial charge in [0.2, 0.25) is 0 Å². The van der Waals surface area contributed by atoms with Crippen molar-refractivity contribution in [2.75, 3.05) is 0 Å². The second-order valence-corrected chi connectivity index (χ2v) is 19.6. The van der Waals surface area contributed by atoms with Gasteiger partial charge in [-0.15, -0.1) is 0 Å². The van der Waals surface area contributed by atoms with E-state index in [2.05, 4.69) is 146 Å². The summed E-state index contributed by atoms with van der Waals surface area (Å²) in [6.07, 6.45) is 3.70. The van der Waals surface area contributed by atoms with Gasteiger partial charge in [0.25, 0.3) is 0 Å². The van der Waals surface area contributed by atoms with Crippen LogP contribution in [0.3, 0.4) is 0 Å². The van der Waals surface area contributed by atoms with Crippen LogP contribution in [-0.4, -0.2) is 9.97 Å². The van der Waals surface area contributed by atoms with Crippen molar-refractivity contribution in [3.8, 4) is 22.5 Å². The smallest absolute Gasteiger partial charge is 0.0899 e. The van der Waals surface area contributed by atoms with Crippen molar-refractivity contribution in [1.29, 1.82) is 0 Å². The molecule has 222 valence electrons. The fraction of sp³-hybridized carbons (Fsp3) is 0. The van der Waals surface area contributed by atoms with Crippen LogP contribution in [0.15, 0.2) is 182 Å². The summed E-state index contributed by atoms with van der Waals surface area (Å²) < 4.78 is 0. The zero-order valence-electron chi connectivity index (χ0n) is 24.9. The SMILES string of the molecule is S=P(c1ccccc1)(c1ccccc1)c1ccccc1-c1cncc(-c2ccccc2P(=S)(c2ccccc2)c2ccccc2)n1. The summed E-state index contributed by atoms with van der Waals surface area (Å²) in [7, 11) is 0. The Kier molecular flexibility index (Phi) is 8.71. The molecule has 0 aliphatic heterocycles. The highest BCUT2D eigenvalue weighted by Gasteiger charge is 2.30. The Morgan fingerprint density at radius 1 is 0.348 bits per heavy atom. The molecule has 0 N–H and O–H groups in total. The van der Waals surface area contributed by atoms with E-state index in [9.17, 15) is 0 Å². The molecule has 0 saturated heterocycles. The molecule has 46 heavy (non-hydrogen) atoms. The third-order valence-corrected chi connectivity index (χ3v) is 18.1. The molecular weight excluding hydrogens is 635 g/mol. The number of nitrogens with zero attached hydrogens (tertiary/aromatic N) is 2. The quantitative estimate of drug-likeness (QED) is 0.159. The maximum Gasteiger partial charge on any atom is 0.0899 e. The van der Waals surface area contributed by atoms with Gasteiger partial charge in [-0.3, -0.25) is 4.98 Å². The van der Waals surface area contributed by atoms with Gasteiger partial charge in [-0.1, -0.05) is 193 Å². The molecule has 0 fully saturated rings. The molecule has 6 aromatic carbocycles. The van der Waals surface area contributed by atoms with Crippen molar-refractivity contribution < 1.29 is 0 Å². The lowest BCUT2D eigenvalue weighted by molar-refractivity contribution is 1.21. The molecule has 0 saturated carbocycles. The molecule has 7 rings (SSSR count). The standard InChI is InChI=1S/C40H30N2P2S2/c45-43(31-17-5-1-6-18-31,32-19-7-2-8-20-32)39-27-15-13-25-35(39)37-29-41-30-38(42-37)36-26-14-16-28-40(36)44(46,33-21-9-3-10-22-33)34-23-11-4-12-24-34/h1-30H. The van der Waals surface area contributed by atoms with Gasteiger partial charge in [0.1, 0.15) is 0 Å². The highest BCUT2D eigenvalue weighted by Crippen LogP contribution is 2.47. The lowest BCUT2D eigenvalue weighted by Crippen LogP contribution is -2.26. The van der Waals surface area contributed by atoms with E-state index >= 15 is 0 Å². The zero-order chi connectivity index (χ0) is 31.4. The van der Waals surface area contributed by atoms with Crippen molar-refractivity contribution >= 4 is 67.5 Å². The molecule has 0 aliphatic carbocycles. The van der Waals surface area contributed by atoms with Gasteiger partial charge in [-0.05, 0) is 21.2 Å². The van der Waals surface area contributed by atoms with E-state index in [1.165, 1.54) is 0 Å². The van der Waals surface area contributed by atoms with E-state index in [0.29, 0.717) is 0 Å². The Morgan fingerprint density at radius 2 is 0.630 bits per heavy atom. The Labute approximate surface area is 280 Å². The molecule has 6 heteroatoms. The topological polar surface area (TPSA) is 25.8 Å². The number of rotatable bonds is 8. The molecule has 0 aliphatic rings. The van der Waals surface area contributed by atoms with Crippen LogP contribution >= 0.6 is 12.1 Å². The largest absolute Gasteiger partial charge is 0.260 e.